The number of carbonyl (C=O) groups excluding carboxylic acids is 1. The van der Waals surface area contributed by atoms with Crippen LogP contribution < -0.4 is 4.90 Å². The maximum Gasteiger partial charge on any atom is 0.419 e. The zero-order valence-corrected chi connectivity index (χ0v) is 12.5. The summed E-state index contributed by atoms with van der Waals surface area (Å²) in [6.07, 6.45) is -2.33. The lowest BCUT2D eigenvalue weighted by atomic mass is 9.94. The minimum atomic E-state index is -4.47. The van der Waals surface area contributed by atoms with E-state index in [1.807, 2.05) is 0 Å². The third-order valence-electron chi connectivity index (χ3n) is 4.34. The number of carbonyl (C=O) groups is 1. The smallest absolute Gasteiger partial charge is 0.389 e. The quantitative estimate of drug-likeness (QED) is 0.894. The van der Waals surface area contributed by atoms with Crippen molar-refractivity contribution < 1.29 is 23.1 Å². The molecule has 0 aliphatic carbocycles. The normalized spacial score (nSPS) is 22.9. The Kier molecular flexibility index (Phi) is 4.18. The average molecular weight is 329 g/mol. The molecule has 1 aromatic rings. The molecule has 2 saturated heterocycles. The molecule has 8 heteroatoms. The fourth-order valence-corrected chi connectivity index (χ4v) is 3.13. The number of hydrogen-bond acceptors (Lipinski definition) is 4. The highest BCUT2D eigenvalue weighted by Crippen LogP contribution is 2.36. The minimum Gasteiger partial charge on any atom is -0.389 e. The Morgan fingerprint density at radius 3 is 2.70 bits per heavy atom. The molecule has 1 atom stereocenters. The Morgan fingerprint density at radius 2 is 2.04 bits per heavy atom. The highest BCUT2D eigenvalue weighted by molar-refractivity contribution is 5.80. The topological polar surface area (TPSA) is 56.7 Å². The number of aliphatic hydroxyl groups excluding tert-OH is 1. The zero-order chi connectivity index (χ0) is 16.6. The first-order chi connectivity index (χ1) is 10.9. The number of hydrogen-bond donors (Lipinski definition) is 1. The van der Waals surface area contributed by atoms with E-state index in [-0.39, 0.29) is 24.2 Å². The number of alkyl halides is 3. The van der Waals surface area contributed by atoms with Crippen LogP contribution in [-0.2, 0) is 11.0 Å². The molecule has 2 aliphatic heterocycles. The third-order valence-corrected chi connectivity index (χ3v) is 4.34. The van der Waals surface area contributed by atoms with Crippen LogP contribution in [0.2, 0.25) is 0 Å². The predicted octanol–water partition coefficient (Wildman–Crippen LogP) is 1.52. The van der Waals surface area contributed by atoms with Gasteiger partial charge in [-0.1, -0.05) is 0 Å². The molecule has 3 rings (SSSR count). The Bertz CT molecular complexity index is 588. The minimum absolute atomic E-state index is 0.0931. The van der Waals surface area contributed by atoms with Crippen LogP contribution >= 0.6 is 0 Å². The number of aliphatic hydroxyl groups is 1. The van der Waals surface area contributed by atoms with Gasteiger partial charge >= 0.3 is 6.18 Å². The van der Waals surface area contributed by atoms with E-state index in [9.17, 15) is 23.1 Å². The SMILES string of the molecule is O=C(C1CCCN(c2ncccc2C(F)(F)F)C1)N1CC(O)C1. The van der Waals surface area contributed by atoms with Gasteiger partial charge in [0, 0.05) is 32.4 Å². The van der Waals surface area contributed by atoms with E-state index in [4.69, 9.17) is 0 Å². The van der Waals surface area contributed by atoms with Crippen molar-refractivity contribution in [1.82, 2.24) is 9.88 Å². The molecule has 2 fully saturated rings. The van der Waals surface area contributed by atoms with Crippen LogP contribution in [0.1, 0.15) is 18.4 Å². The number of halogens is 3. The van der Waals surface area contributed by atoms with Gasteiger partial charge < -0.3 is 14.9 Å². The van der Waals surface area contributed by atoms with Gasteiger partial charge in [-0.15, -0.1) is 0 Å². The molecule has 3 heterocycles. The van der Waals surface area contributed by atoms with Crippen molar-refractivity contribution in [2.24, 2.45) is 5.92 Å². The summed E-state index contributed by atoms with van der Waals surface area (Å²) in [4.78, 5) is 19.3. The van der Waals surface area contributed by atoms with E-state index in [1.54, 1.807) is 9.80 Å². The van der Waals surface area contributed by atoms with Crippen molar-refractivity contribution >= 4 is 11.7 Å². The summed E-state index contributed by atoms with van der Waals surface area (Å²) in [5.41, 5.74) is -0.771. The van der Waals surface area contributed by atoms with E-state index in [2.05, 4.69) is 4.98 Å². The van der Waals surface area contributed by atoms with Crippen molar-refractivity contribution in [1.29, 1.82) is 0 Å². The molecule has 2 aliphatic rings. The summed E-state index contributed by atoms with van der Waals surface area (Å²) < 4.78 is 39.4. The molecule has 5 nitrogen and oxygen atoms in total. The van der Waals surface area contributed by atoms with Gasteiger partial charge in [0.25, 0.3) is 0 Å². The summed E-state index contributed by atoms with van der Waals surface area (Å²) in [6.45, 7) is 1.30. The summed E-state index contributed by atoms with van der Waals surface area (Å²) >= 11 is 0. The predicted molar refractivity (Wildman–Crippen MR) is 76.8 cm³/mol. The second-order valence-electron chi connectivity index (χ2n) is 6.05. The molecule has 0 aromatic carbocycles. The lowest BCUT2D eigenvalue weighted by Gasteiger charge is -2.41. The first-order valence-electron chi connectivity index (χ1n) is 7.60. The van der Waals surface area contributed by atoms with Gasteiger partial charge in [0.2, 0.25) is 5.91 Å². The van der Waals surface area contributed by atoms with Crippen LogP contribution in [0, 0.1) is 5.92 Å². The van der Waals surface area contributed by atoms with Crippen molar-refractivity contribution in [3.8, 4) is 0 Å². The zero-order valence-electron chi connectivity index (χ0n) is 12.5. The number of amides is 1. The van der Waals surface area contributed by atoms with Crippen LogP contribution in [0.3, 0.4) is 0 Å². The monoisotopic (exact) mass is 329 g/mol. The molecule has 1 N–H and O–H groups in total. The molecular formula is C15H18F3N3O2. The van der Waals surface area contributed by atoms with E-state index < -0.39 is 17.8 Å². The van der Waals surface area contributed by atoms with Gasteiger partial charge in [-0.2, -0.15) is 13.2 Å². The van der Waals surface area contributed by atoms with Crippen molar-refractivity contribution in [2.45, 2.75) is 25.1 Å². The van der Waals surface area contributed by atoms with E-state index in [0.717, 1.165) is 6.07 Å². The largest absolute Gasteiger partial charge is 0.419 e. The first-order valence-corrected chi connectivity index (χ1v) is 7.60. The molecule has 1 amide bonds. The molecule has 1 unspecified atom stereocenters. The number of nitrogens with zero attached hydrogens (tertiary/aromatic N) is 3. The van der Waals surface area contributed by atoms with E-state index in [0.29, 0.717) is 32.5 Å². The Balaban J connectivity index is 1.75. The number of piperidine rings is 1. The fraction of sp³-hybridized carbons (Fsp3) is 0.600. The van der Waals surface area contributed by atoms with Crippen molar-refractivity contribution in [3.63, 3.8) is 0 Å². The Morgan fingerprint density at radius 1 is 1.30 bits per heavy atom. The number of rotatable bonds is 2. The molecule has 1 aromatic heterocycles. The first kappa shape index (κ1) is 16.0. The molecule has 0 radical (unpaired) electrons. The molecular weight excluding hydrogens is 311 g/mol. The van der Waals surface area contributed by atoms with Crippen molar-refractivity contribution in [3.05, 3.63) is 23.9 Å². The molecule has 0 bridgehead atoms. The van der Waals surface area contributed by atoms with Crippen LogP contribution in [0.4, 0.5) is 19.0 Å². The molecule has 23 heavy (non-hydrogen) atoms. The second-order valence-corrected chi connectivity index (χ2v) is 6.05. The fourth-order valence-electron chi connectivity index (χ4n) is 3.13. The molecule has 126 valence electrons. The van der Waals surface area contributed by atoms with E-state index >= 15 is 0 Å². The number of likely N-dealkylation sites (tertiary alicyclic amines) is 1. The summed E-state index contributed by atoms with van der Waals surface area (Å²) in [5.74, 6) is -0.551. The standard InChI is InChI=1S/C15H18F3N3O2/c16-15(17,18)12-4-1-5-19-13(12)20-6-2-3-10(7-20)14(23)21-8-11(22)9-21/h1,4-5,10-11,22H,2-3,6-9H2. The third kappa shape index (κ3) is 3.26. The lowest BCUT2D eigenvalue weighted by molar-refractivity contribution is -0.146. The molecule has 0 saturated carbocycles. The van der Waals surface area contributed by atoms with Gasteiger partial charge in [0.1, 0.15) is 5.82 Å². The number of aromatic nitrogens is 1. The average Bonchev–Trinajstić information content (AvgIpc) is 2.50. The number of anilines is 1. The van der Waals surface area contributed by atoms with Gasteiger partial charge in [-0.05, 0) is 25.0 Å². The van der Waals surface area contributed by atoms with Gasteiger partial charge in [0.05, 0.1) is 17.6 Å². The number of pyridine rings is 1. The number of β-amino-alcohol motifs (C(OH)–C–C–N with tert-alkyl or cyclic N) is 1. The lowest BCUT2D eigenvalue weighted by Crippen LogP contribution is -2.57. The van der Waals surface area contributed by atoms with Crippen molar-refractivity contribution in [2.75, 3.05) is 31.1 Å². The van der Waals surface area contributed by atoms with Crippen LogP contribution in [-0.4, -0.2) is 53.2 Å². The summed E-state index contributed by atoms with van der Waals surface area (Å²) in [5, 5.41) is 9.28. The maximum atomic E-state index is 13.1. The maximum absolute atomic E-state index is 13.1. The van der Waals surface area contributed by atoms with E-state index in [1.165, 1.54) is 12.3 Å². The highest BCUT2D eigenvalue weighted by Gasteiger charge is 2.39. The summed E-state index contributed by atoms with van der Waals surface area (Å²) in [7, 11) is 0. The Labute approximate surface area is 131 Å². The van der Waals surface area contributed by atoms with Gasteiger partial charge in [0.15, 0.2) is 0 Å². The van der Waals surface area contributed by atoms with Crippen LogP contribution in [0.15, 0.2) is 18.3 Å². The van der Waals surface area contributed by atoms with Crippen LogP contribution in [0.25, 0.3) is 0 Å². The highest BCUT2D eigenvalue weighted by atomic mass is 19.4. The van der Waals surface area contributed by atoms with Gasteiger partial charge in [-0.25, -0.2) is 4.98 Å². The second kappa shape index (κ2) is 5.99. The Hall–Kier alpha value is -1.83. The van der Waals surface area contributed by atoms with Crippen LogP contribution in [0.5, 0.6) is 0 Å². The summed E-state index contributed by atoms with van der Waals surface area (Å²) in [6, 6.07) is 2.28. The van der Waals surface area contributed by atoms with Gasteiger partial charge in [-0.3, -0.25) is 4.79 Å². The molecule has 0 spiro atoms.